The Morgan fingerprint density at radius 1 is 1.08 bits per heavy atom. The van der Waals surface area contributed by atoms with Crippen molar-refractivity contribution in [3.05, 3.63) is 96.6 Å². The number of pyridine rings is 2. The van der Waals surface area contributed by atoms with Crippen LogP contribution in [-0.2, 0) is 0 Å². The van der Waals surface area contributed by atoms with Crippen LogP contribution in [0.5, 0.6) is 0 Å². The summed E-state index contributed by atoms with van der Waals surface area (Å²) in [5.74, 6) is 0. The summed E-state index contributed by atoms with van der Waals surface area (Å²) in [6.45, 7) is 9.12. The van der Waals surface area contributed by atoms with Crippen LogP contribution in [0.25, 0.3) is 12.2 Å². The topological polar surface area (TPSA) is 46.0 Å². The quantitative estimate of drug-likeness (QED) is 0.717. The molecule has 0 aliphatic rings. The van der Waals surface area contributed by atoms with Crippen molar-refractivity contribution in [1.29, 1.82) is 0 Å². The molecule has 0 aliphatic carbocycles. The molecule has 0 unspecified atom stereocenters. The van der Waals surface area contributed by atoms with Gasteiger partial charge in [0.1, 0.15) is 0 Å². The van der Waals surface area contributed by atoms with E-state index in [1.165, 1.54) is 0 Å². The predicted octanol–water partition coefficient (Wildman–Crippen LogP) is 5.09. The number of aliphatic hydroxyl groups is 1. The Labute approximate surface area is 150 Å². The van der Waals surface area contributed by atoms with E-state index in [0.717, 1.165) is 35.4 Å². The molecule has 0 spiro atoms. The standard InChI is InChI=1S/C17H18N2O.C5H8/c20-13-5-6-15(14-17-8-2-4-12-19-17)9-10-16-7-1-3-11-18-16;1-4-5(2)3/h1-4,7-12,14,20H,5-6,13H2;4H,1-2H2,3H3/b10-9+,15-14+;. The van der Waals surface area contributed by atoms with Crippen LogP contribution in [0.1, 0.15) is 31.2 Å². The highest BCUT2D eigenvalue weighted by molar-refractivity contribution is 5.58. The Balaban J connectivity index is 0.000000550. The van der Waals surface area contributed by atoms with E-state index in [1.807, 2.05) is 61.5 Å². The Kier molecular flexibility index (Phi) is 10.2. The van der Waals surface area contributed by atoms with Gasteiger partial charge < -0.3 is 5.11 Å². The molecule has 2 aromatic rings. The number of aliphatic hydroxyl groups excluding tert-OH is 1. The van der Waals surface area contributed by atoms with Gasteiger partial charge >= 0.3 is 0 Å². The van der Waals surface area contributed by atoms with Gasteiger partial charge in [0, 0.05) is 19.0 Å². The maximum atomic E-state index is 8.99. The monoisotopic (exact) mass is 334 g/mol. The maximum Gasteiger partial charge on any atom is 0.0632 e. The van der Waals surface area contributed by atoms with Gasteiger partial charge in [0.25, 0.3) is 0 Å². The highest BCUT2D eigenvalue weighted by Gasteiger charge is 1.96. The van der Waals surface area contributed by atoms with E-state index in [0.29, 0.717) is 0 Å². The maximum absolute atomic E-state index is 8.99. The average Bonchev–Trinajstić information content (AvgIpc) is 2.66. The molecule has 0 bridgehead atoms. The van der Waals surface area contributed by atoms with E-state index in [-0.39, 0.29) is 6.61 Å². The van der Waals surface area contributed by atoms with Crippen molar-refractivity contribution in [3.63, 3.8) is 0 Å². The second-order valence-electron chi connectivity index (χ2n) is 5.44. The van der Waals surface area contributed by atoms with Crippen LogP contribution in [0.2, 0.25) is 0 Å². The van der Waals surface area contributed by atoms with E-state index in [1.54, 1.807) is 18.5 Å². The van der Waals surface area contributed by atoms with E-state index in [4.69, 9.17) is 5.11 Å². The summed E-state index contributed by atoms with van der Waals surface area (Å²) in [4.78, 5) is 8.55. The Morgan fingerprint density at radius 3 is 2.16 bits per heavy atom. The second kappa shape index (κ2) is 12.6. The summed E-state index contributed by atoms with van der Waals surface area (Å²) in [7, 11) is 0. The molecule has 3 nitrogen and oxygen atoms in total. The Hall–Kier alpha value is -2.78. The SMILES string of the molecule is C=CC(=C)C.OCCCC(/C=C/c1ccccn1)=C\c1ccccn1. The van der Waals surface area contributed by atoms with Gasteiger partial charge in [-0.3, -0.25) is 9.97 Å². The van der Waals surface area contributed by atoms with Crippen molar-refractivity contribution in [2.24, 2.45) is 0 Å². The molecular formula is C22H26N2O. The molecule has 2 aromatic heterocycles. The summed E-state index contributed by atoms with van der Waals surface area (Å²) < 4.78 is 0. The molecule has 130 valence electrons. The van der Waals surface area contributed by atoms with E-state index in [2.05, 4.69) is 23.1 Å². The number of allylic oxidation sites excluding steroid dienone is 4. The number of nitrogens with zero attached hydrogens (tertiary/aromatic N) is 2. The van der Waals surface area contributed by atoms with E-state index >= 15 is 0 Å². The van der Waals surface area contributed by atoms with Crippen molar-refractivity contribution in [1.82, 2.24) is 9.97 Å². The van der Waals surface area contributed by atoms with Gasteiger partial charge in [-0.1, -0.05) is 43.0 Å². The largest absolute Gasteiger partial charge is 0.396 e. The third kappa shape index (κ3) is 9.84. The first-order valence-electron chi connectivity index (χ1n) is 8.25. The lowest BCUT2D eigenvalue weighted by Gasteiger charge is -2.01. The first-order valence-corrected chi connectivity index (χ1v) is 8.25. The van der Waals surface area contributed by atoms with Gasteiger partial charge in [-0.2, -0.15) is 0 Å². The van der Waals surface area contributed by atoms with Crippen LogP contribution in [0.4, 0.5) is 0 Å². The highest BCUT2D eigenvalue weighted by atomic mass is 16.2. The molecule has 0 saturated heterocycles. The third-order valence-electron chi connectivity index (χ3n) is 3.15. The fourth-order valence-corrected chi connectivity index (χ4v) is 1.81. The minimum atomic E-state index is 0.191. The van der Waals surface area contributed by atoms with Crippen LogP contribution >= 0.6 is 0 Å². The molecule has 0 amide bonds. The Morgan fingerprint density at radius 2 is 1.68 bits per heavy atom. The molecule has 0 saturated carbocycles. The van der Waals surface area contributed by atoms with Crippen molar-refractivity contribution in [3.8, 4) is 0 Å². The van der Waals surface area contributed by atoms with Crippen molar-refractivity contribution in [2.75, 3.05) is 6.61 Å². The van der Waals surface area contributed by atoms with Gasteiger partial charge in [0.05, 0.1) is 11.4 Å². The lowest BCUT2D eigenvalue weighted by molar-refractivity contribution is 0.289. The lowest BCUT2D eigenvalue weighted by Crippen LogP contribution is -1.87. The van der Waals surface area contributed by atoms with Crippen LogP contribution in [0.3, 0.4) is 0 Å². The van der Waals surface area contributed by atoms with Gasteiger partial charge in [-0.05, 0) is 61.8 Å². The fourth-order valence-electron chi connectivity index (χ4n) is 1.81. The molecule has 25 heavy (non-hydrogen) atoms. The zero-order valence-electron chi connectivity index (χ0n) is 14.8. The lowest BCUT2D eigenvalue weighted by atomic mass is 10.1. The molecule has 0 aliphatic heterocycles. The molecular weight excluding hydrogens is 308 g/mol. The number of hydrogen-bond donors (Lipinski definition) is 1. The minimum absolute atomic E-state index is 0.191. The number of aromatic nitrogens is 2. The first kappa shape index (κ1) is 20.3. The van der Waals surface area contributed by atoms with Crippen molar-refractivity contribution < 1.29 is 5.11 Å². The van der Waals surface area contributed by atoms with Gasteiger partial charge in [-0.25, -0.2) is 0 Å². The van der Waals surface area contributed by atoms with Crippen LogP contribution in [-0.4, -0.2) is 21.7 Å². The first-order chi connectivity index (χ1) is 12.2. The molecule has 0 radical (unpaired) electrons. The number of rotatable bonds is 7. The minimum Gasteiger partial charge on any atom is -0.396 e. The molecule has 0 fully saturated rings. The molecule has 0 atom stereocenters. The molecule has 3 heteroatoms. The van der Waals surface area contributed by atoms with E-state index < -0.39 is 0 Å². The summed E-state index contributed by atoms with van der Waals surface area (Å²) in [6.07, 6.45) is 12.9. The van der Waals surface area contributed by atoms with Gasteiger partial charge in [-0.15, -0.1) is 0 Å². The fraction of sp³-hybridized carbons (Fsp3) is 0.182. The summed E-state index contributed by atoms with van der Waals surface area (Å²) in [5.41, 5.74) is 3.99. The normalized spacial score (nSPS) is 10.9. The summed E-state index contributed by atoms with van der Waals surface area (Å²) >= 11 is 0. The molecule has 2 heterocycles. The molecule has 1 N–H and O–H groups in total. The van der Waals surface area contributed by atoms with Gasteiger partial charge in [0.15, 0.2) is 0 Å². The average molecular weight is 334 g/mol. The van der Waals surface area contributed by atoms with Crippen LogP contribution in [0.15, 0.2) is 85.2 Å². The second-order valence-corrected chi connectivity index (χ2v) is 5.44. The molecule has 0 aromatic carbocycles. The van der Waals surface area contributed by atoms with E-state index in [9.17, 15) is 0 Å². The van der Waals surface area contributed by atoms with Crippen molar-refractivity contribution in [2.45, 2.75) is 19.8 Å². The third-order valence-corrected chi connectivity index (χ3v) is 3.15. The zero-order valence-corrected chi connectivity index (χ0v) is 14.8. The predicted molar refractivity (Wildman–Crippen MR) is 107 cm³/mol. The van der Waals surface area contributed by atoms with Crippen molar-refractivity contribution >= 4 is 12.2 Å². The Bertz CT molecular complexity index is 688. The van der Waals surface area contributed by atoms with Gasteiger partial charge in [0.2, 0.25) is 0 Å². The van der Waals surface area contributed by atoms with Crippen LogP contribution < -0.4 is 0 Å². The number of hydrogen-bond acceptors (Lipinski definition) is 3. The highest BCUT2D eigenvalue weighted by Crippen LogP contribution is 2.13. The summed E-state index contributed by atoms with van der Waals surface area (Å²) in [5, 5.41) is 8.99. The zero-order chi connectivity index (χ0) is 18.3. The smallest absolute Gasteiger partial charge is 0.0632 e. The van der Waals surface area contributed by atoms with Crippen LogP contribution in [0, 0.1) is 0 Å². The summed E-state index contributed by atoms with van der Waals surface area (Å²) in [6, 6.07) is 11.6. The molecule has 2 rings (SSSR count).